The lowest BCUT2D eigenvalue weighted by atomic mass is 9.60. The van der Waals surface area contributed by atoms with E-state index >= 15 is 0 Å². The van der Waals surface area contributed by atoms with Gasteiger partial charge in [0, 0.05) is 0 Å². The van der Waals surface area contributed by atoms with Crippen molar-refractivity contribution in [2.45, 2.75) is 50.4 Å². The maximum absolute atomic E-state index is 6.39. The number of hydrogen-bond acceptors (Lipinski definition) is 2. The Hall–Kier alpha value is -0.0800. The molecule has 2 aliphatic carbocycles. The molecule has 4 rings (SSSR count). The molecule has 0 aromatic carbocycles. The molecule has 0 aromatic rings. The predicted octanol–water partition coefficient (Wildman–Crippen LogP) is 2.24. The highest BCUT2D eigenvalue weighted by atomic mass is 16.5. The Morgan fingerprint density at radius 3 is 2.07 bits per heavy atom. The first-order chi connectivity index (χ1) is 6.51. The van der Waals surface area contributed by atoms with E-state index in [0.29, 0.717) is 0 Å². The number of rotatable bonds is 1. The second kappa shape index (κ2) is 2.53. The van der Waals surface area contributed by atoms with E-state index in [-0.39, 0.29) is 11.3 Å². The van der Waals surface area contributed by atoms with Gasteiger partial charge >= 0.3 is 0 Å². The molecule has 2 nitrogen and oxygen atoms in total. The molecule has 14 heavy (non-hydrogen) atoms. The lowest BCUT2D eigenvalue weighted by molar-refractivity contribution is -0.312. The summed E-state index contributed by atoms with van der Waals surface area (Å²) in [5.41, 5.74) is 0.299. The van der Waals surface area contributed by atoms with Gasteiger partial charge in [-0.25, -0.2) is 0 Å². The van der Waals surface area contributed by atoms with Gasteiger partial charge < -0.3 is 4.74 Å². The fourth-order valence-corrected chi connectivity index (χ4v) is 4.32. The minimum atomic E-state index is 0.0961. The third-order valence-corrected chi connectivity index (χ3v) is 4.57. The Labute approximate surface area is 86.6 Å². The number of nitrogens with zero attached hydrogens (tertiary/aromatic N) is 1. The average Bonchev–Trinajstić information content (AvgIpc) is 1.98. The van der Waals surface area contributed by atoms with Crippen molar-refractivity contribution < 1.29 is 4.74 Å². The van der Waals surface area contributed by atoms with Gasteiger partial charge in [0.25, 0.3) is 0 Å². The first kappa shape index (κ1) is 9.17. The second-order valence-corrected chi connectivity index (χ2v) is 6.18. The highest BCUT2D eigenvalue weighted by molar-refractivity contribution is 5.05. The van der Waals surface area contributed by atoms with E-state index < -0.39 is 0 Å². The van der Waals surface area contributed by atoms with Gasteiger partial charge in [0.05, 0.1) is 5.60 Å². The Morgan fingerprint density at radius 2 is 1.64 bits per heavy atom. The van der Waals surface area contributed by atoms with Gasteiger partial charge in [-0.2, -0.15) is 0 Å². The molecule has 4 atom stereocenters. The van der Waals surface area contributed by atoms with Crippen LogP contribution in [0, 0.1) is 11.8 Å². The van der Waals surface area contributed by atoms with Crippen molar-refractivity contribution in [3.05, 3.63) is 0 Å². The van der Waals surface area contributed by atoms with Gasteiger partial charge in [0.1, 0.15) is 5.72 Å². The molecule has 0 spiro atoms. The van der Waals surface area contributed by atoms with Crippen LogP contribution >= 0.6 is 0 Å². The van der Waals surface area contributed by atoms with Gasteiger partial charge in [-0.1, -0.05) is 0 Å². The summed E-state index contributed by atoms with van der Waals surface area (Å²) in [4.78, 5) is 2.32. The topological polar surface area (TPSA) is 12.5 Å². The summed E-state index contributed by atoms with van der Waals surface area (Å²) >= 11 is 0. The Kier molecular flexibility index (Phi) is 1.66. The Bertz CT molecular complexity index is 247. The fourth-order valence-electron chi connectivity index (χ4n) is 4.32. The van der Waals surface area contributed by atoms with E-state index in [9.17, 15) is 0 Å². The minimum Gasteiger partial charge on any atom is -0.354 e. The van der Waals surface area contributed by atoms with Crippen molar-refractivity contribution >= 4 is 0 Å². The zero-order chi connectivity index (χ0) is 9.97. The average molecular weight is 195 g/mol. The SMILES string of the molecule is CN(C)[C@]12C[C@@H]3C[C@@H](C[C@](C)(C3)O1)C2. The molecule has 4 bridgehead atoms. The van der Waals surface area contributed by atoms with Crippen LogP contribution in [0.4, 0.5) is 0 Å². The van der Waals surface area contributed by atoms with Crippen LogP contribution in [0.3, 0.4) is 0 Å². The molecular formula is C12H21NO. The normalized spacial score (nSPS) is 55.7. The second-order valence-electron chi connectivity index (χ2n) is 6.18. The standard InChI is InChI=1S/C12H21NO/c1-11-5-9-4-10(6-11)8-12(7-9,14-11)13(2)3/h9-10H,4-8H2,1-3H3/t9-,10+,11+,12-. The van der Waals surface area contributed by atoms with Gasteiger partial charge in [-0.15, -0.1) is 0 Å². The van der Waals surface area contributed by atoms with E-state index in [1.54, 1.807) is 0 Å². The van der Waals surface area contributed by atoms with Crippen LogP contribution in [0.15, 0.2) is 0 Å². The molecule has 4 aliphatic rings. The molecule has 0 amide bonds. The van der Waals surface area contributed by atoms with Crippen LogP contribution in [0.5, 0.6) is 0 Å². The van der Waals surface area contributed by atoms with Crippen LogP contribution in [0.25, 0.3) is 0 Å². The minimum absolute atomic E-state index is 0.0961. The lowest BCUT2D eigenvalue weighted by Gasteiger charge is -2.62. The van der Waals surface area contributed by atoms with Gasteiger partial charge in [0.2, 0.25) is 0 Å². The highest BCUT2D eigenvalue weighted by Crippen LogP contribution is 2.57. The number of ether oxygens (including phenoxy) is 1. The molecular weight excluding hydrogens is 174 g/mol. The van der Waals surface area contributed by atoms with Crippen molar-refractivity contribution in [1.29, 1.82) is 0 Å². The summed E-state index contributed by atoms with van der Waals surface area (Å²) in [6.07, 6.45) is 6.62. The van der Waals surface area contributed by atoms with Crippen LogP contribution in [0.2, 0.25) is 0 Å². The van der Waals surface area contributed by atoms with Crippen LogP contribution < -0.4 is 0 Å². The molecule has 0 radical (unpaired) electrons. The van der Waals surface area contributed by atoms with Crippen molar-refractivity contribution in [2.24, 2.45) is 11.8 Å². The monoisotopic (exact) mass is 195 g/mol. The van der Waals surface area contributed by atoms with E-state index in [4.69, 9.17) is 4.74 Å². The molecule has 2 saturated carbocycles. The molecule has 2 aliphatic heterocycles. The summed E-state index contributed by atoms with van der Waals surface area (Å²) in [6.45, 7) is 2.32. The molecule has 2 heteroatoms. The maximum Gasteiger partial charge on any atom is 0.122 e. The fraction of sp³-hybridized carbons (Fsp3) is 1.00. The van der Waals surface area contributed by atoms with Crippen LogP contribution in [-0.2, 0) is 4.74 Å². The largest absolute Gasteiger partial charge is 0.354 e. The molecule has 2 saturated heterocycles. The third kappa shape index (κ3) is 1.10. The summed E-state index contributed by atoms with van der Waals surface area (Å²) in [6, 6.07) is 0. The molecule has 0 aromatic heterocycles. The highest BCUT2D eigenvalue weighted by Gasteiger charge is 2.57. The quantitative estimate of drug-likeness (QED) is 0.636. The summed E-state index contributed by atoms with van der Waals surface area (Å²) in [5, 5.41) is 0. The van der Waals surface area contributed by atoms with E-state index in [1.165, 1.54) is 32.1 Å². The molecule has 0 N–H and O–H groups in total. The predicted molar refractivity (Wildman–Crippen MR) is 56.0 cm³/mol. The van der Waals surface area contributed by atoms with Gasteiger partial charge in [-0.05, 0) is 65.0 Å². The van der Waals surface area contributed by atoms with Gasteiger partial charge in [0.15, 0.2) is 0 Å². The van der Waals surface area contributed by atoms with Crippen LogP contribution in [-0.4, -0.2) is 30.3 Å². The lowest BCUT2D eigenvalue weighted by Crippen LogP contribution is -2.65. The van der Waals surface area contributed by atoms with Crippen molar-refractivity contribution in [3.8, 4) is 0 Å². The first-order valence-electron chi connectivity index (χ1n) is 5.89. The van der Waals surface area contributed by atoms with Gasteiger partial charge in [-0.3, -0.25) is 4.90 Å². The first-order valence-corrected chi connectivity index (χ1v) is 5.89. The zero-order valence-corrected chi connectivity index (χ0v) is 9.55. The third-order valence-electron chi connectivity index (χ3n) is 4.57. The smallest absolute Gasteiger partial charge is 0.122 e. The van der Waals surface area contributed by atoms with E-state index in [1.807, 2.05) is 0 Å². The maximum atomic E-state index is 6.39. The Morgan fingerprint density at radius 1 is 1.07 bits per heavy atom. The summed E-state index contributed by atoms with van der Waals surface area (Å²) in [5.74, 6) is 1.87. The summed E-state index contributed by atoms with van der Waals surface area (Å²) in [7, 11) is 4.35. The van der Waals surface area contributed by atoms with Crippen molar-refractivity contribution in [1.82, 2.24) is 4.90 Å². The van der Waals surface area contributed by atoms with E-state index in [0.717, 1.165) is 11.8 Å². The van der Waals surface area contributed by atoms with E-state index in [2.05, 4.69) is 25.9 Å². The molecule has 4 fully saturated rings. The molecule has 0 unspecified atom stereocenters. The van der Waals surface area contributed by atoms with Crippen molar-refractivity contribution in [2.75, 3.05) is 14.1 Å². The number of hydrogen-bond donors (Lipinski definition) is 0. The summed E-state index contributed by atoms with van der Waals surface area (Å²) < 4.78 is 6.39. The van der Waals surface area contributed by atoms with Crippen LogP contribution in [0.1, 0.15) is 39.0 Å². The van der Waals surface area contributed by atoms with Crippen molar-refractivity contribution in [3.63, 3.8) is 0 Å². The zero-order valence-electron chi connectivity index (χ0n) is 9.55. The Balaban J connectivity index is 1.96. The molecule has 2 heterocycles. The molecule has 80 valence electrons.